The van der Waals surface area contributed by atoms with Gasteiger partial charge in [0.1, 0.15) is 0 Å². The van der Waals surface area contributed by atoms with Crippen LogP contribution in [0.5, 0.6) is 0 Å². The molecule has 23 heavy (non-hydrogen) atoms. The molecular weight excluding hydrogens is 284 g/mol. The SMILES string of the molecule is C=C[C@]1(C)C[C@@H](O)[C@@]2(C)C3C(CO)CC[C@@]3(CC[C@H]2C)[C@@H](C)C1. The van der Waals surface area contributed by atoms with Crippen molar-refractivity contribution in [2.24, 2.45) is 39.9 Å². The van der Waals surface area contributed by atoms with E-state index in [0.717, 1.165) is 19.3 Å². The van der Waals surface area contributed by atoms with Gasteiger partial charge < -0.3 is 10.2 Å². The zero-order chi connectivity index (χ0) is 17.0. The summed E-state index contributed by atoms with van der Waals surface area (Å²) in [5.41, 5.74) is 0.244. The average Bonchev–Trinajstić information content (AvgIpc) is 2.91. The molecule has 0 aromatic rings. The Bertz CT molecular complexity index is 474. The maximum Gasteiger partial charge on any atom is 0.0607 e. The summed E-state index contributed by atoms with van der Waals surface area (Å²) in [5.74, 6) is 1.98. The molecule has 3 saturated carbocycles. The molecule has 0 aromatic carbocycles. The van der Waals surface area contributed by atoms with Crippen molar-refractivity contribution in [3.05, 3.63) is 12.7 Å². The number of allylic oxidation sites excluding steroid dienone is 1. The first-order valence-corrected chi connectivity index (χ1v) is 9.66. The molecular formula is C21H36O2. The van der Waals surface area contributed by atoms with E-state index in [1.807, 2.05) is 0 Å². The Morgan fingerprint density at radius 2 is 1.74 bits per heavy atom. The quantitative estimate of drug-likeness (QED) is 0.740. The van der Waals surface area contributed by atoms with Crippen molar-refractivity contribution >= 4 is 0 Å². The molecule has 2 nitrogen and oxygen atoms in total. The fraction of sp³-hybridized carbons (Fsp3) is 0.905. The Morgan fingerprint density at radius 3 is 2.35 bits per heavy atom. The van der Waals surface area contributed by atoms with Gasteiger partial charge in [0.15, 0.2) is 0 Å². The second-order valence-electron chi connectivity index (χ2n) is 9.68. The van der Waals surface area contributed by atoms with Gasteiger partial charge in [-0.15, -0.1) is 6.58 Å². The van der Waals surface area contributed by atoms with Crippen LogP contribution in [0.3, 0.4) is 0 Å². The standard InChI is InChI=1S/C21H36O2/c1-6-19(4)11-15(3)21-9-7-14(2)20(5,17(23)12-19)18(21)16(13-22)8-10-21/h6,14-18,22-23H,1,7-13H2,2-5H3/t14-,15+,16?,17-,18?,19+,20+,21+/m1/s1. The monoisotopic (exact) mass is 320 g/mol. The van der Waals surface area contributed by atoms with Crippen LogP contribution in [0.1, 0.15) is 66.2 Å². The van der Waals surface area contributed by atoms with Crippen LogP contribution in [0.2, 0.25) is 0 Å². The van der Waals surface area contributed by atoms with E-state index >= 15 is 0 Å². The lowest BCUT2D eigenvalue weighted by atomic mass is 9.43. The molecule has 3 fully saturated rings. The van der Waals surface area contributed by atoms with Gasteiger partial charge >= 0.3 is 0 Å². The van der Waals surface area contributed by atoms with Crippen LogP contribution in [0.25, 0.3) is 0 Å². The van der Waals surface area contributed by atoms with Crippen LogP contribution in [0, 0.1) is 39.9 Å². The zero-order valence-corrected chi connectivity index (χ0v) is 15.5. The van der Waals surface area contributed by atoms with Crippen LogP contribution in [-0.4, -0.2) is 22.9 Å². The highest BCUT2D eigenvalue weighted by atomic mass is 16.3. The van der Waals surface area contributed by atoms with Crippen LogP contribution in [-0.2, 0) is 0 Å². The molecule has 2 unspecified atom stereocenters. The fourth-order valence-corrected chi connectivity index (χ4v) is 7.10. The normalized spacial score (nSPS) is 56.5. The third-order valence-corrected chi connectivity index (χ3v) is 8.71. The highest BCUT2D eigenvalue weighted by Crippen LogP contribution is 2.69. The largest absolute Gasteiger partial charge is 0.396 e. The van der Waals surface area contributed by atoms with Gasteiger partial charge in [-0.05, 0) is 78.4 Å². The van der Waals surface area contributed by atoms with Crippen molar-refractivity contribution < 1.29 is 10.2 Å². The summed E-state index contributed by atoms with van der Waals surface area (Å²) in [6.07, 6.45) is 8.57. The van der Waals surface area contributed by atoms with Crippen LogP contribution in [0.4, 0.5) is 0 Å². The molecule has 3 aliphatic rings. The number of aliphatic hydroxyl groups excluding tert-OH is 2. The first-order valence-electron chi connectivity index (χ1n) is 9.66. The van der Waals surface area contributed by atoms with Crippen molar-refractivity contribution in [3.8, 4) is 0 Å². The topological polar surface area (TPSA) is 40.5 Å². The molecule has 3 aliphatic carbocycles. The second kappa shape index (κ2) is 5.59. The molecule has 2 heteroatoms. The molecule has 3 rings (SSSR count). The highest BCUT2D eigenvalue weighted by molar-refractivity contribution is 5.15. The minimum atomic E-state index is -0.301. The second-order valence-corrected chi connectivity index (χ2v) is 9.68. The number of rotatable bonds is 2. The molecule has 8 atom stereocenters. The van der Waals surface area contributed by atoms with Gasteiger partial charge in [-0.25, -0.2) is 0 Å². The predicted molar refractivity (Wildman–Crippen MR) is 94.9 cm³/mol. The van der Waals surface area contributed by atoms with Crippen molar-refractivity contribution in [1.82, 2.24) is 0 Å². The molecule has 0 aromatic heterocycles. The Hall–Kier alpha value is -0.340. The van der Waals surface area contributed by atoms with Gasteiger partial charge in [0.2, 0.25) is 0 Å². The lowest BCUT2D eigenvalue weighted by Gasteiger charge is -2.62. The molecule has 2 N–H and O–H groups in total. The van der Waals surface area contributed by atoms with E-state index in [9.17, 15) is 10.2 Å². The van der Waals surface area contributed by atoms with Crippen molar-refractivity contribution in [2.75, 3.05) is 6.61 Å². The van der Waals surface area contributed by atoms with Gasteiger partial charge in [-0.3, -0.25) is 0 Å². The average molecular weight is 321 g/mol. The Kier molecular flexibility index (Phi) is 4.25. The van der Waals surface area contributed by atoms with Gasteiger partial charge in [-0.1, -0.05) is 33.8 Å². The van der Waals surface area contributed by atoms with E-state index in [2.05, 4.69) is 40.3 Å². The first-order chi connectivity index (χ1) is 10.7. The third-order valence-electron chi connectivity index (χ3n) is 8.71. The van der Waals surface area contributed by atoms with Gasteiger partial charge in [0, 0.05) is 6.61 Å². The van der Waals surface area contributed by atoms with Gasteiger partial charge in [-0.2, -0.15) is 0 Å². The van der Waals surface area contributed by atoms with Crippen LogP contribution in [0.15, 0.2) is 12.7 Å². The van der Waals surface area contributed by atoms with Crippen molar-refractivity contribution in [2.45, 2.75) is 72.3 Å². The Balaban J connectivity index is 2.14. The lowest BCUT2D eigenvalue weighted by molar-refractivity contribution is -0.174. The van der Waals surface area contributed by atoms with E-state index in [4.69, 9.17) is 0 Å². The smallest absolute Gasteiger partial charge is 0.0607 e. The van der Waals surface area contributed by atoms with Gasteiger partial charge in [0.25, 0.3) is 0 Å². The summed E-state index contributed by atoms with van der Waals surface area (Å²) in [4.78, 5) is 0. The maximum absolute atomic E-state index is 11.3. The maximum atomic E-state index is 11.3. The summed E-state index contributed by atoms with van der Waals surface area (Å²) in [5, 5.41) is 21.4. The van der Waals surface area contributed by atoms with E-state index in [-0.39, 0.29) is 23.5 Å². The molecule has 132 valence electrons. The molecule has 0 spiro atoms. The Morgan fingerprint density at radius 1 is 1.09 bits per heavy atom. The number of hydrogen-bond acceptors (Lipinski definition) is 2. The number of aliphatic hydroxyl groups is 2. The Labute approximate surface area is 142 Å². The summed E-state index contributed by atoms with van der Waals surface area (Å²) in [6.45, 7) is 13.8. The summed E-state index contributed by atoms with van der Waals surface area (Å²) in [6, 6.07) is 0. The third kappa shape index (κ3) is 2.28. The summed E-state index contributed by atoms with van der Waals surface area (Å²) < 4.78 is 0. The predicted octanol–water partition coefficient (Wildman–Crippen LogP) is 4.41. The van der Waals surface area contributed by atoms with Crippen molar-refractivity contribution in [3.63, 3.8) is 0 Å². The molecule has 0 amide bonds. The molecule has 0 aliphatic heterocycles. The summed E-state index contributed by atoms with van der Waals surface area (Å²) in [7, 11) is 0. The van der Waals surface area contributed by atoms with E-state index in [1.165, 1.54) is 19.3 Å². The number of hydrogen-bond donors (Lipinski definition) is 2. The molecule has 2 bridgehead atoms. The molecule has 0 heterocycles. The first kappa shape index (κ1) is 17.5. The van der Waals surface area contributed by atoms with Crippen LogP contribution < -0.4 is 0 Å². The minimum absolute atomic E-state index is 0.0203. The van der Waals surface area contributed by atoms with E-state index in [0.29, 0.717) is 29.1 Å². The molecule has 0 radical (unpaired) electrons. The lowest BCUT2D eigenvalue weighted by Crippen LogP contribution is -2.59. The van der Waals surface area contributed by atoms with Crippen molar-refractivity contribution in [1.29, 1.82) is 0 Å². The minimum Gasteiger partial charge on any atom is -0.396 e. The molecule has 0 saturated heterocycles. The van der Waals surface area contributed by atoms with E-state index < -0.39 is 0 Å². The summed E-state index contributed by atoms with van der Waals surface area (Å²) >= 11 is 0. The van der Waals surface area contributed by atoms with E-state index in [1.54, 1.807) is 0 Å². The highest BCUT2D eigenvalue weighted by Gasteiger charge is 2.65. The van der Waals surface area contributed by atoms with Crippen LogP contribution >= 0.6 is 0 Å². The fourth-order valence-electron chi connectivity index (χ4n) is 7.10. The van der Waals surface area contributed by atoms with Gasteiger partial charge in [0.05, 0.1) is 6.10 Å². The zero-order valence-electron chi connectivity index (χ0n) is 15.5.